The van der Waals surface area contributed by atoms with Crippen LogP contribution in [-0.2, 0) is 0 Å². The van der Waals surface area contributed by atoms with Gasteiger partial charge in [0.2, 0.25) is 0 Å². The number of nitrogens with two attached hydrogens (primary N) is 1. The first-order valence-corrected chi connectivity index (χ1v) is 4.92. The number of carbonyl (C=O) groups excluding carboxylic acids is 1. The van der Waals surface area contributed by atoms with Crippen molar-refractivity contribution in [3.63, 3.8) is 0 Å². The van der Waals surface area contributed by atoms with Gasteiger partial charge in [-0.25, -0.2) is 4.39 Å². The first kappa shape index (κ1) is 11.6. The summed E-state index contributed by atoms with van der Waals surface area (Å²) in [6.07, 6.45) is 0. The van der Waals surface area contributed by atoms with E-state index in [1.165, 1.54) is 0 Å². The number of alkyl halides is 1. The molecule has 0 aromatic heterocycles. The van der Waals surface area contributed by atoms with Gasteiger partial charge in [-0.3, -0.25) is 14.9 Å². The minimum Gasteiger partial charge on any atom is -0.396 e. The number of halogens is 2. The minimum atomic E-state index is -0.964. The topological polar surface area (TPSA) is 86.2 Å². The number of non-ortho nitro benzene ring substituents is 1. The summed E-state index contributed by atoms with van der Waals surface area (Å²) in [4.78, 5) is 20.9. The zero-order valence-corrected chi connectivity index (χ0v) is 8.95. The highest BCUT2D eigenvalue weighted by molar-refractivity contribution is 9.09. The normalized spacial score (nSPS) is 10.0. The van der Waals surface area contributed by atoms with Crippen molar-refractivity contribution in [1.29, 1.82) is 0 Å². The molecule has 0 saturated heterocycles. The monoisotopic (exact) mass is 276 g/mol. The molecule has 0 aliphatic carbocycles. The standard InChI is InChI=1S/C8H6BrFN2O3/c9-3-7(13)5-1-4(12(14)15)2-6(10)8(5)11/h1-2H,3,11H2. The zero-order chi connectivity index (χ0) is 11.6. The summed E-state index contributed by atoms with van der Waals surface area (Å²) in [5.74, 6) is -1.47. The third-order valence-corrected chi connectivity index (χ3v) is 2.26. The van der Waals surface area contributed by atoms with Gasteiger partial charge in [0.1, 0.15) is 0 Å². The van der Waals surface area contributed by atoms with E-state index in [0.717, 1.165) is 6.07 Å². The molecular weight excluding hydrogens is 271 g/mol. The van der Waals surface area contributed by atoms with Crippen molar-refractivity contribution < 1.29 is 14.1 Å². The third kappa shape index (κ3) is 2.30. The van der Waals surface area contributed by atoms with Crippen LogP contribution in [-0.4, -0.2) is 16.0 Å². The maximum absolute atomic E-state index is 13.1. The van der Waals surface area contributed by atoms with E-state index in [9.17, 15) is 19.3 Å². The van der Waals surface area contributed by atoms with Crippen molar-refractivity contribution in [2.75, 3.05) is 11.1 Å². The highest BCUT2D eigenvalue weighted by atomic mass is 79.9. The molecule has 1 rings (SSSR count). The lowest BCUT2D eigenvalue weighted by molar-refractivity contribution is -0.385. The summed E-state index contributed by atoms with van der Waals surface area (Å²) < 4.78 is 13.1. The summed E-state index contributed by atoms with van der Waals surface area (Å²) in [6, 6.07) is 1.64. The number of anilines is 1. The van der Waals surface area contributed by atoms with Gasteiger partial charge in [-0.05, 0) is 0 Å². The number of nitrogen functional groups attached to an aromatic ring is 1. The molecule has 7 heteroatoms. The molecule has 0 atom stereocenters. The van der Waals surface area contributed by atoms with Gasteiger partial charge in [0, 0.05) is 6.07 Å². The minimum absolute atomic E-state index is 0.0716. The van der Waals surface area contributed by atoms with Gasteiger partial charge in [0.05, 0.1) is 27.6 Å². The van der Waals surface area contributed by atoms with E-state index in [0.29, 0.717) is 6.07 Å². The molecule has 0 fully saturated rings. The number of nitro groups is 1. The first-order valence-electron chi connectivity index (χ1n) is 3.80. The Morgan fingerprint density at radius 1 is 1.60 bits per heavy atom. The van der Waals surface area contributed by atoms with Crippen LogP contribution in [0.5, 0.6) is 0 Å². The number of Topliss-reactive ketones (excluding diaryl/α,β-unsaturated/α-hetero) is 1. The van der Waals surface area contributed by atoms with E-state index in [2.05, 4.69) is 15.9 Å². The van der Waals surface area contributed by atoms with Crippen molar-refractivity contribution in [1.82, 2.24) is 0 Å². The molecule has 80 valence electrons. The molecule has 2 N–H and O–H groups in total. The van der Waals surface area contributed by atoms with Crippen molar-refractivity contribution in [3.05, 3.63) is 33.6 Å². The molecule has 1 aromatic rings. The maximum Gasteiger partial charge on any atom is 0.273 e. The summed E-state index contributed by atoms with van der Waals surface area (Å²) in [7, 11) is 0. The quantitative estimate of drug-likeness (QED) is 0.300. The smallest absolute Gasteiger partial charge is 0.273 e. The Balaban J connectivity index is 3.37. The third-order valence-electron chi connectivity index (χ3n) is 1.75. The van der Waals surface area contributed by atoms with Crippen molar-refractivity contribution in [2.45, 2.75) is 0 Å². The highest BCUT2D eigenvalue weighted by Gasteiger charge is 2.18. The second-order valence-corrected chi connectivity index (χ2v) is 3.26. The van der Waals surface area contributed by atoms with Crippen LogP contribution in [0, 0.1) is 15.9 Å². The molecular formula is C8H6BrFN2O3. The Morgan fingerprint density at radius 2 is 2.20 bits per heavy atom. The highest BCUT2D eigenvalue weighted by Crippen LogP contribution is 2.24. The molecule has 1 aromatic carbocycles. The molecule has 0 heterocycles. The fourth-order valence-corrected chi connectivity index (χ4v) is 1.31. The molecule has 0 amide bonds. The Kier molecular flexibility index (Phi) is 3.35. The predicted molar refractivity (Wildman–Crippen MR) is 55.6 cm³/mol. The van der Waals surface area contributed by atoms with Gasteiger partial charge >= 0.3 is 0 Å². The van der Waals surface area contributed by atoms with Crippen molar-refractivity contribution in [3.8, 4) is 0 Å². The number of rotatable bonds is 3. The molecule has 15 heavy (non-hydrogen) atoms. The maximum atomic E-state index is 13.1. The zero-order valence-electron chi connectivity index (χ0n) is 7.37. The Hall–Kier alpha value is -1.50. The van der Waals surface area contributed by atoms with Gasteiger partial charge < -0.3 is 5.73 Å². The number of hydrogen-bond donors (Lipinski definition) is 1. The molecule has 0 radical (unpaired) electrons. The summed E-state index contributed by atoms with van der Waals surface area (Å²) >= 11 is 2.87. The fourth-order valence-electron chi connectivity index (χ4n) is 1.01. The van der Waals surface area contributed by atoms with Crippen LogP contribution in [0.2, 0.25) is 0 Å². The number of nitro benzene ring substituents is 1. The predicted octanol–water partition coefficient (Wildman–Crippen LogP) is 1.89. The van der Waals surface area contributed by atoms with Crippen LogP contribution in [0.25, 0.3) is 0 Å². The Bertz CT molecular complexity index is 436. The Labute approximate surface area is 92.3 Å². The lowest BCUT2D eigenvalue weighted by Gasteiger charge is -2.03. The Morgan fingerprint density at radius 3 is 2.67 bits per heavy atom. The van der Waals surface area contributed by atoms with Gasteiger partial charge in [0.25, 0.3) is 5.69 Å². The summed E-state index contributed by atoms with van der Waals surface area (Å²) in [5, 5.41) is 10.3. The van der Waals surface area contributed by atoms with E-state index < -0.39 is 22.2 Å². The van der Waals surface area contributed by atoms with Gasteiger partial charge in [0.15, 0.2) is 11.6 Å². The van der Waals surface area contributed by atoms with E-state index in [1.54, 1.807) is 0 Å². The van der Waals surface area contributed by atoms with Crippen molar-refractivity contribution >= 4 is 33.1 Å². The van der Waals surface area contributed by atoms with Crippen LogP contribution in [0.4, 0.5) is 15.8 Å². The van der Waals surface area contributed by atoms with Crippen LogP contribution in [0.15, 0.2) is 12.1 Å². The molecule has 0 spiro atoms. The average Bonchev–Trinajstić information content (AvgIpc) is 2.20. The molecule has 0 aliphatic rings. The van der Waals surface area contributed by atoms with Gasteiger partial charge in [-0.1, -0.05) is 15.9 Å². The van der Waals surface area contributed by atoms with E-state index >= 15 is 0 Å². The van der Waals surface area contributed by atoms with Crippen LogP contribution in [0.3, 0.4) is 0 Å². The number of benzene rings is 1. The van der Waals surface area contributed by atoms with E-state index in [1.807, 2.05) is 0 Å². The molecule has 0 saturated carbocycles. The van der Waals surface area contributed by atoms with Crippen molar-refractivity contribution in [2.24, 2.45) is 0 Å². The largest absolute Gasteiger partial charge is 0.396 e. The SMILES string of the molecule is Nc1c(F)cc([N+](=O)[O-])cc1C(=O)CBr. The van der Waals surface area contributed by atoms with Gasteiger partial charge in [-0.15, -0.1) is 0 Å². The van der Waals surface area contributed by atoms with Gasteiger partial charge in [-0.2, -0.15) is 0 Å². The van der Waals surface area contributed by atoms with E-state index in [-0.39, 0.29) is 16.6 Å². The van der Waals surface area contributed by atoms with Crippen LogP contribution >= 0.6 is 15.9 Å². The van der Waals surface area contributed by atoms with Crippen LogP contribution in [0.1, 0.15) is 10.4 Å². The first-order chi connectivity index (χ1) is 6.97. The fraction of sp³-hybridized carbons (Fsp3) is 0.125. The molecule has 0 bridgehead atoms. The molecule has 0 unspecified atom stereocenters. The second-order valence-electron chi connectivity index (χ2n) is 2.70. The lowest BCUT2D eigenvalue weighted by atomic mass is 10.1. The lowest BCUT2D eigenvalue weighted by Crippen LogP contribution is -2.07. The number of nitrogens with zero attached hydrogens (tertiary/aromatic N) is 1. The second kappa shape index (κ2) is 4.35. The molecule has 5 nitrogen and oxygen atoms in total. The number of ketones is 1. The number of hydrogen-bond acceptors (Lipinski definition) is 4. The average molecular weight is 277 g/mol. The van der Waals surface area contributed by atoms with Crippen LogP contribution < -0.4 is 5.73 Å². The number of carbonyl (C=O) groups is 1. The summed E-state index contributed by atoms with van der Waals surface area (Å²) in [6.45, 7) is 0. The molecule has 0 aliphatic heterocycles. The summed E-state index contributed by atoms with van der Waals surface area (Å²) in [5.41, 5.74) is 4.24. The van der Waals surface area contributed by atoms with E-state index in [4.69, 9.17) is 5.73 Å².